The number of hydrogen-bond donors (Lipinski definition) is 0. The van der Waals surface area contributed by atoms with Crippen LogP contribution in [-0.2, 0) is 4.79 Å². The number of rotatable bonds is 1. The van der Waals surface area contributed by atoms with E-state index in [0.29, 0.717) is 17.6 Å². The number of carbonyl (C=O) groups is 1. The Kier molecular flexibility index (Phi) is 2.47. The van der Waals surface area contributed by atoms with Crippen LogP contribution in [0.2, 0.25) is 0 Å². The van der Waals surface area contributed by atoms with Crippen molar-refractivity contribution in [2.45, 2.75) is 39.5 Å². The summed E-state index contributed by atoms with van der Waals surface area (Å²) >= 11 is 0. The molecule has 1 nitrogen and oxygen atoms in total. The Morgan fingerprint density at radius 1 is 1.50 bits per heavy atom. The summed E-state index contributed by atoms with van der Waals surface area (Å²) in [6, 6.07) is 0. The van der Waals surface area contributed by atoms with E-state index < -0.39 is 0 Å². The van der Waals surface area contributed by atoms with E-state index in [-0.39, 0.29) is 0 Å². The van der Waals surface area contributed by atoms with Crippen LogP contribution >= 0.6 is 0 Å². The highest BCUT2D eigenvalue weighted by Gasteiger charge is 2.23. The third kappa shape index (κ3) is 1.59. The van der Waals surface area contributed by atoms with Crippen LogP contribution in [0.1, 0.15) is 39.5 Å². The maximum Gasteiger partial charge on any atom is 0.135 e. The minimum absolute atomic E-state index is 0.350. The summed E-state index contributed by atoms with van der Waals surface area (Å²) in [5, 5.41) is 0. The summed E-state index contributed by atoms with van der Waals surface area (Å²) in [5.41, 5.74) is 0. The van der Waals surface area contributed by atoms with E-state index in [0.717, 1.165) is 12.8 Å². The van der Waals surface area contributed by atoms with Gasteiger partial charge in [-0.1, -0.05) is 20.3 Å². The first kappa shape index (κ1) is 7.77. The van der Waals surface area contributed by atoms with Crippen LogP contribution in [-0.4, -0.2) is 5.78 Å². The van der Waals surface area contributed by atoms with Crippen molar-refractivity contribution in [3.05, 3.63) is 0 Å². The van der Waals surface area contributed by atoms with Crippen molar-refractivity contribution in [1.29, 1.82) is 0 Å². The van der Waals surface area contributed by atoms with Crippen molar-refractivity contribution in [1.82, 2.24) is 0 Å². The lowest BCUT2D eigenvalue weighted by Crippen LogP contribution is -2.22. The molecule has 0 spiro atoms. The SMILES string of the molecule is CC[C@H]1CC[C@@H](C)C(=O)C1. The molecule has 0 saturated heterocycles. The molecule has 1 aliphatic carbocycles. The van der Waals surface area contributed by atoms with Gasteiger partial charge in [-0.05, 0) is 18.8 Å². The standard InChI is InChI=1S/C9H16O/c1-3-8-5-4-7(2)9(10)6-8/h7-8H,3-6H2,1-2H3/t7-,8+/m1/s1. The van der Waals surface area contributed by atoms with E-state index in [1.807, 2.05) is 6.92 Å². The minimum atomic E-state index is 0.350. The molecule has 0 N–H and O–H groups in total. The smallest absolute Gasteiger partial charge is 0.135 e. The Bertz CT molecular complexity index is 129. The van der Waals surface area contributed by atoms with Crippen molar-refractivity contribution in [2.75, 3.05) is 0 Å². The molecule has 2 atom stereocenters. The van der Waals surface area contributed by atoms with Gasteiger partial charge in [0.25, 0.3) is 0 Å². The van der Waals surface area contributed by atoms with Crippen molar-refractivity contribution < 1.29 is 4.79 Å². The summed E-state index contributed by atoms with van der Waals surface area (Å²) < 4.78 is 0. The maximum atomic E-state index is 11.2. The summed E-state index contributed by atoms with van der Waals surface area (Å²) in [7, 11) is 0. The minimum Gasteiger partial charge on any atom is -0.299 e. The Balaban J connectivity index is 2.41. The van der Waals surface area contributed by atoms with Gasteiger partial charge in [0.15, 0.2) is 0 Å². The molecule has 1 fully saturated rings. The Hall–Kier alpha value is -0.330. The fourth-order valence-corrected chi connectivity index (χ4v) is 1.58. The van der Waals surface area contributed by atoms with Crippen LogP contribution in [0, 0.1) is 11.8 Å². The zero-order valence-corrected chi connectivity index (χ0v) is 6.89. The highest BCUT2D eigenvalue weighted by Crippen LogP contribution is 2.27. The Morgan fingerprint density at radius 2 is 2.20 bits per heavy atom. The fourth-order valence-electron chi connectivity index (χ4n) is 1.58. The molecular formula is C9H16O. The van der Waals surface area contributed by atoms with E-state index in [1.54, 1.807) is 0 Å². The van der Waals surface area contributed by atoms with E-state index >= 15 is 0 Å². The monoisotopic (exact) mass is 140 g/mol. The van der Waals surface area contributed by atoms with E-state index in [4.69, 9.17) is 0 Å². The predicted molar refractivity (Wildman–Crippen MR) is 41.8 cm³/mol. The van der Waals surface area contributed by atoms with E-state index in [1.165, 1.54) is 12.8 Å². The van der Waals surface area contributed by atoms with Crippen LogP contribution in [0.15, 0.2) is 0 Å². The zero-order valence-electron chi connectivity index (χ0n) is 6.89. The average molecular weight is 140 g/mol. The zero-order chi connectivity index (χ0) is 7.56. The molecule has 0 bridgehead atoms. The van der Waals surface area contributed by atoms with E-state index in [9.17, 15) is 4.79 Å². The first-order valence-electron chi connectivity index (χ1n) is 4.26. The van der Waals surface area contributed by atoms with Gasteiger partial charge in [0.05, 0.1) is 0 Å². The Labute approximate surface area is 62.8 Å². The molecule has 0 unspecified atom stereocenters. The van der Waals surface area contributed by atoms with Crippen molar-refractivity contribution >= 4 is 5.78 Å². The van der Waals surface area contributed by atoms with Gasteiger partial charge in [-0.2, -0.15) is 0 Å². The largest absolute Gasteiger partial charge is 0.299 e. The van der Waals surface area contributed by atoms with Crippen LogP contribution in [0.3, 0.4) is 0 Å². The summed E-state index contributed by atoms with van der Waals surface area (Å²) in [6.45, 7) is 4.22. The summed E-state index contributed by atoms with van der Waals surface area (Å²) in [6.07, 6.45) is 4.41. The lowest BCUT2D eigenvalue weighted by Gasteiger charge is -2.23. The van der Waals surface area contributed by atoms with Crippen molar-refractivity contribution in [2.24, 2.45) is 11.8 Å². The third-order valence-electron chi connectivity index (χ3n) is 2.62. The van der Waals surface area contributed by atoms with Gasteiger partial charge in [-0.3, -0.25) is 4.79 Å². The first-order chi connectivity index (χ1) is 4.74. The van der Waals surface area contributed by atoms with Gasteiger partial charge < -0.3 is 0 Å². The molecule has 10 heavy (non-hydrogen) atoms. The molecule has 1 aliphatic rings. The molecule has 0 aromatic heterocycles. The first-order valence-corrected chi connectivity index (χ1v) is 4.26. The molecule has 0 aromatic rings. The second kappa shape index (κ2) is 3.18. The van der Waals surface area contributed by atoms with Gasteiger partial charge >= 0.3 is 0 Å². The quantitative estimate of drug-likeness (QED) is 0.546. The van der Waals surface area contributed by atoms with Crippen LogP contribution in [0.25, 0.3) is 0 Å². The number of ketones is 1. The molecule has 0 amide bonds. The summed E-state index contributed by atoms with van der Waals surface area (Å²) in [5.74, 6) is 1.53. The molecule has 1 rings (SSSR count). The lowest BCUT2D eigenvalue weighted by atomic mass is 9.81. The number of hydrogen-bond acceptors (Lipinski definition) is 1. The van der Waals surface area contributed by atoms with Crippen LogP contribution in [0.4, 0.5) is 0 Å². The normalized spacial score (nSPS) is 34.4. The average Bonchev–Trinajstić information content (AvgIpc) is 1.95. The summed E-state index contributed by atoms with van der Waals surface area (Å²) in [4.78, 5) is 11.2. The van der Waals surface area contributed by atoms with Gasteiger partial charge in [0, 0.05) is 12.3 Å². The van der Waals surface area contributed by atoms with Crippen molar-refractivity contribution in [3.63, 3.8) is 0 Å². The fraction of sp³-hybridized carbons (Fsp3) is 0.889. The van der Waals surface area contributed by atoms with E-state index in [2.05, 4.69) is 6.92 Å². The van der Waals surface area contributed by atoms with Crippen LogP contribution < -0.4 is 0 Å². The molecule has 0 heterocycles. The Morgan fingerprint density at radius 3 is 2.70 bits per heavy atom. The second-order valence-corrected chi connectivity index (χ2v) is 3.42. The maximum absolute atomic E-state index is 11.2. The molecule has 0 radical (unpaired) electrons. The lowest BCUT2D eigenvalue weighted by molar-refractivity contribution is -0.125. The molecular weight excluding hydrogens is 124 g/mol. The molecule has 1 saturated carbocycles. The van der Waals surface area contributed by atoms with Gasteiger partial charge in [0.2, 0.25) is 0 Å². The molecule has 0 aliphatic heterocycles. The van der Waals surface area contributed by atoms with Crippen molar-refractivity contribution in [3.8, 4) is 0 Å². The third-order valence-corrected chi connectivity index (χ3v) is 2.62. The number of carbonyl (C=O) groups excluding carboxylic acids is 1. The second-order valence-electron chi connectivity index (χ2n) is 3.42. The highest BCUT2D eigenvalue weighted by molar-refractivity contribution is 5.81. The van der Waals surface area contributed by atoms with Gasteiger partial charge in [0.1, 0.15) is 5.78 Å². The highest BCUT2D eigenvalue weighted by atomic mass is 16.1. The molecule has 1 heteroatoms. The number of Topliss-reactive ketones (excluding diaryl/α,β-unsaturated/α-hetero) is 1. The van der Waals surface area contributed by atoms with Crippen LogP contribution in [0.5, 0.6) is 0 Å². The topological polar surface area (TPSA) is 17.1 Å². The van der Waals surface area contributed by atoms with Gasteiger partial charge in [-0.15, -0.1) is 0 Å². The van der Waals surface area contributed by atoms with Gasteiger partial charge in [-0.25, -0.2) is 0 Å². The predicted octanol–water partition coefficient (Wildman–Crippen LogP) is 2.40. The molecule has 58 valence electrons. The molecule has 0 aromatic carbocycles.